The summed E-state index contributed by atoms with van der Waals surface area (Å²) in [7, 11) is 0. The third kappa shape index (κ3) is 12.2. The summed E-state index contributed by atoms with van der Waals surface area (Å²) in [5.74, 6) is -2.11. The van der Waals surface area contributed by atoms with Gasteiger partial charge >= 0.3 is 11.9 Å². The quantitative estimate of drug-likeness (QED) is 0.0771. The van der Waals surface area contributed by atoms with E-state index in [1.54, 1.807) is 91.3 Å². The van der Waals surface area contributed by atoms with Crippen LogP contribution in [0.1, 0.15) is 105 Å². The van der Waals surface area contributed by atoms with E-state index in [0.29, 0.717) is 46.7 Å². The zero-order valence-electron chi connectivity index (χ0n) is 34.5. The van der Waals surface area contributed by atoms with Crippen LogP contribution in [-0.2, 0) is 9.47 Å². The fourth-order valence-corrected chi connectivity index (χ4v) is 6.18. The summed E-state index contributed by atoms with van der Waals surface area (Å²) in [5, 5.41) is 5.40. The minimum Gasteiger partial charge on any atom is -0.462 e. The maximum absolute atomic E-state index is 13.9. The van der Waals surface area contributed by atoms with Crippen LogP contribution in [0.3, 0.4) is 0 Å². The number of pyridine rings is 2. The third-order valence-electron chi connectivity index (χ3n) is 9.26. The smallest absolute Gasteiger partial charge is 0.338 e. The van der Waals surface area contributed by atoms with Gasteiger partial charge in [0.05, 0.1) is 36.2 Å². The zero-order chi connectivity index (χ0) is 43.9. The van der Waals surface area contributed by atoms with Crippen molar-refractivity contribution in [2.75, 3.05) is 23.8 Å². The molecule has 0 aliphatic rings. The number of rotatable bonds is 14. The molecule has 0 radical (unpaired) electrons. The van der Waals surface area contributed by atoms with Crippen LogP contribution in [0.25, 0.3) is 22.3 Å². The molecule has 2 aromatic heterocycles. The van der Waals surface area contributed by atoms with E-state index in [0.717, 1.165) is 46.9 Å². The third-order valence-corrected chi connectivity index (χ3v) is 9.26. The van der Waals surface area contributed by atoms with Gasteiger partial charge in [-0.1, -0.05) is 50.2 Å². The molecular formula is C48H49FN6O6. The van der Waals surface area contributed by atoms with Gasteiger partial charge in [0.2, 0.25) is 0 Å². The second-order valence-corrected chi connectivity index (χ2v) is 14.1. The van der Waals surface area contributed by atoms with Gasteiger partial charge in [-0.05, 0) is 127 Å². The highest BCUT2D eigenvalue weighted by atomic mass is 19.1. The number of anilines is 2. The predicted molar refractivity (Wildman–Crippen MR) is 234 cm³/mol. The number of hydrogen-bond donors (Lipinski definition) is 4. The van der Waals surface area contributed by atoms with Crippen LogP contribution in [-0.4, -0.2) is 46.9 Å². The summed E-state index contributed by atoms with van der Waals surface area (Å²) in [6.07, 6.45) is 7.15. The number of esters is 2. The van der Waals surface area contributed by atoms with Crippen molar-refractivity contribution in [2.45, 2.75) is 52.6 Å². The number of carbonyl (C=O) groups is 4. The Morgan fingerprint density at radius 2 is 1.08 bits per heavy atom. The molecule has 0 fully saturated rings. The molecule has 0 aliphatic heterocycles. The van der Waals surface area contributed by atoms with Crippen molar-refractivity contribution in [2.24, 2.45) is 11.5 Å². The number of ether oxygens (including phenoxy) is 2. The second kappa shape index (κ2) is 21.8. The lowest BCUT2D eigenvalue weighted by atomic mass is 9.92. The van der Waals surface area contributed by atoms with E-state index >= 15 is 0 Å². The molecule has 0 saturated carbocycles. The van der Waals surface area contributed by atoms with Crippen LogP contribution in [0.2, 0.25) is 0 Å². The molecule has 2 amide bonds. The molecule has 0 bridgehead atoms. The molecule has 6 aromatic rings. The monoisotopic (exact) mass is 824 g/mol. The van der Waals surface area contributed by atoms with E-state index in [1.165, 1.54) is 12.3 Å². The molecule has 0 spiro atoms. The summed E-state index contributed by atoms with van der Waals surface area (Å²) < 4.78 is 24.3. The lowest BCUT2D eigenvalue weighted by Crippen LogP contribution is -2.14. The number of nitrogens with one attached hydrogen (secondary N) is 2. The largest absolute Gasteiger partial charge is 0.462 e. The Kier molecular flexibility index (Phi) is 16.1. The Balaban J connectivity index is 0.000000231. The van der Waals surface area contributed by atoms with E-state index in [4.69, 9.17) is 20.9 Å². The Hall–Kier alpha value is -7.09. The van der Waals surface area contributed by atoms with Gasteiger partial charge in [0.15, 0.2) is 5.82 Å². The molecule has 6 rings (SSSR count). The van der Waals surface area contributed by atoms with E-state index in [1.807, 2.05) is 45.9 Å². The fourth-order valence-electron chi connectivity index (χ4n) is 6.18. The molecule has 0 aliphatic carbocycles. The minimum atomic E-state index is -0.624. The first kappa shape index (κ1) is 45.0. The van der Waals surface area contributed by atoms with Gasteiger partial charge in [0.25, 0.3) is 11.8 Å². The summed E-state index contributed by atoms with van der Waals surface area (Å²) in [6, 6.07) is 28.9. The molecule has 2 unspecified atom stereocenters. The Morgan fingerprint density at radius 1 is 0.607 bits per heavy atom. The Labute approximate surface area is 354 Å². The van der Waals surface area contributed by atoms with Crippen LogP contribution in [0, 0.1) is 5.82 Å². The number of nitrogens with zero attached hydrogens (tertiary/aromatic N) is 2. The van der Waals surface area contributed by atoms with Crippen molar-refractivity contribution in [3.8, 4) is 22.3 Å². The molecular weight excluding hydrogens is 776 g/mol. The maximum atomic E-state index is 13.9. The van der Waals surface area contributed by atoms with Crippen LogP contribution in [0.15, 0.2) is 128 Å². The van der Waals surface area contributed by atoms with E-state index < -0.39 is 17.7 Å². The molecule has 4 aromatic carbocycles. The molecule has 13 heteroatoms. The standard InChI is InChI=1S/C24H24FN3O3.C24H25N3O3/c1-3-11-31-24(30)18-6-4-5-16(12-18)20-13-17(7-8-19(20)15(2)26)23(29)28-22-9-10-27-14-21(22)25;1-3-13-30-24(29)19-6-4-5-17(14-19)22-15-18(7-8-21(22)16(2)25)23(28)27-20-9-11-26-12-10-20/h4-10,12-15H,3,11,26H2,1-2H3,(H,27,28,29);4-12,14-16H,3,13,25H2,1-2H3,(H,26,27,28). The lowest BCUT2D eigenvalue weighted by Gasteiger charge is -2.16. The summed E-state index contributed by atoms with van der Waals surface area (Å²) >= 11 is 0. The zero-order valence-corrected chi connectivity index (χ0v) is 34.5. The first-order chi connectivity index (χ1) is 29.4. The lowest BCUT2D eigenvalue weighted by molar-refractivity contribution is 0.0496. The molecule has 2 atom stereocenters. The highest BCUT2D eigenvalue weighted by Crippen LogP contribution is 2.31. The first-order valence-electron chi connectivity index (χ1n) is 19.9. The first-order valence-corrected chi connectivity index (χ1v) is 19.9. The normalized spacial score (nSPS) is 11.6. The number of carbonyl (C=O) groups excluding carboxylic acids is 4. The molecule has 0 saturated heterocycles. The van der Waals surface area contributed by atoms with Crippen LogP contribution < -0.4 is 22.1 Å². The topological polar surface area (TPSA) is 189 Å². The Morgan fingerprint density at radius 3 is 1.54 bits per heavy atom. The summed E-state index contributed by atoms with van der Waals surface area (Å²) in [5.41, 5.74) is 19.4. The number of halogens is 1. The molecule has 12 nitrogen and oxygen atoms in total. The van der Waals surface area contributed by atoms with Gasteiger partial charge in [0, 0.05) is 47.5 Å². The second-order valence-electron chi connectivity index (χ2n) is 14.1. The van der Waals surface area contributed by atoms with E-state index in [2.05, 4.69) is 20.6 Å². The summed E-state index contributed by atoms with van der Waals surface area (Å²) in [6.45, 7) is 8.31. The molecule has 314 valence electrons. The average Bonchev–Trinajstić information content (AvgIpc) is 3.28. The van der Waals surface area contributed by atoms with Gasteiger partial charge in [0.1, 0.15) is 0 Å². The van der Waals surface area contributed by atoms with Gasteiger partial charge in [-0.2, -0.15) is 0 Å². The van der Waals surface area contributed by atoms with Crippen molar-refractivity contribution in [1.29, 1.82) is 0 Å². The highest BCUT2D eigenvalue weighted by Gasteiger charge is 2.18. The molecule has 61 heavy (non-hydrogen) atoms. The van der Waals surface area contributed by atoms with Crippen molar-refractivity contribution >= 4 is 35.1 Å². The number of nitrogens with two attached hydrogens (primary N) is 2. The fraction of sp³-hybridized carbons (Fsp3) is 0.208. The Bertz CT molecular complexity index is 2480. The van der Waals surface area contributed by atoms with Crippen LogP contribution in [0.4, 0.5) is 15.8 Å². The summed E-state index contributed by atoms with van der Waals surface area (Å²) in [4.78, 5) is 57.6. The van der Waals surface area contributed by atoms with Crippen molar-refractivity contribution in [3.05, 3.63) is 167 Å². The number of aromatic nitrogens is 2. The number of hydrogen-bond acceptors (Lipinski definition) is 10. The minimum absolute atomic E-state index is 0.0403. The molecule has 6 N–H and O–H groups in total. The van der Waals surface area contributed by atoms with Gasteiger partial charge < -0.3 is 31.6 Å². The van der Waals surface area contributed by atoms with Gasteiger partial charge in [-0.3, -0.25) is 19.6 Å². The van der Waals surface area contributed by atoms with Crippen LogP contribution >= 0.6 is 0 Å². The van der Waals surface area contributed by atoms with Crippen molar-refractivity contribution in [3.63, 3.8) is 0 Å². The maximum Gasteiger partial charge on any atom is 0.338 e. The average molecular weight is 825 g/mol. The van der Waals surface area contributed by atoms with Crippen molar-refractivity contribution in [1.82, 2.24) is 9.97 Å². The van der Waals surface area contributed by atoms with Crippen molar-refractivity contribution < 1.29 is 33.0 Å². The van der Waals surface area contributed by atoms with E-state index in [-0.39, 0.29) is 29.6 Å². The van der Waals surface area contributed by atoms with E-state index in [9.17, 15) is 23.6 Å². The van der Waals surface area contributed by atoms with Crippen LogP contribution in [0.5, 0.6) is 0 Å². The van der Waals surface area contributed by atoms with Gasteiger partial charge in [-0.25, -0.2) is 14.0 Å². The van der Waals surface area contributed by atoms with Gasteiger partial charge in [-0.15, -0.1) is 0 Å². The number of benzene rings is 4. The number of amides is 2. The SMILES string of the molecule is CCCOC(=O)c1cccc(-c2cc(C(=O)Nc3ccncc3)ccc2C(C)N)c1.CCCOC(=O)c1cccc(-c2cc(C(=O)Nc3ccncc3F)ccc2C(C)N)c1. The highest BCUT2D eigenvalue weighted by molar-refractivity contribution is 6.06. The predicted octanol–water partition coefficient (Wildman–Crippen LogP) is 9.31. The molecule has 2 heterocycles.